The number of nitrogens with zero attached hydrogens (tertiary/aromatic N) is 4. The van der Waals surface area contributed by atoms with E-state index in [0.29, 0.717) is 12.3 Å². The van der Waals surface area contributed by atoms with Crippen LogP contribution in [-0.4, -0.2) is 51.7 Å². The molecule has 3 heterocycles. The summed E-state index contributed by atoms with van der Waals surface area (Å²) >= 11 is 0. The summed E-state index contributed by atoms with van der Waals surface area (Å²) in [6, 6.07) is 2.25. The van der Waals surface area contributed by atoms with E-state index in [-0.39, 0.29) is 0 Å². The molecule has 1 aromatic rings. The summed E-state index contributed by atoms with van der Waals surface area (Å²) in [7, 11) is 0. The van der Waals surface area contributed by atoms with E-state index in [9.17, 15) is 4.79 Å². The number of amides is 1. The number of carbonyl (C=O) groups excluding carboxylic acids is 1. The van der Waals surface area contributed by atoms with Crippen molar-refractivity contribution >= 4 is 5.91 Å². The minimum Gasteiger partial charge on any atom is -0.343 e. The number of likely N-dealkylation sites (tertiary alicyclic amines) is 1. The molecule has 2 aliphatic heterocycles. The van der Waals surface area contributed by atoms with Crippen LogP contribution in [0.25, 0.3) is 0 Å². The molecule has 0 saturated carbocycles. The fourth-order valence-electron chi connectivity index (χ4n) is 4.61. The van der Waals surface area contributed by atoms with Gasteiger partial charge in [0.15, 0.2) is 0 Å². The average molecular weight is 357 g/mol. The molecule has 1 unspecified atom stereocenters. The molecule has 1 fully saturated rings. The average Bonchev–Trinajstić information content (AvgIpc) is 3.28. The van der Waals surface area contributed by atoms with Crippen LogP contribution in [0.15, 0.2) is 18.2 Å². The fourth-order valence-corrected chi connectivity index (χ4v) is 4.61. The van der Waals surface area contributed by atoms with Crippen molar-refractivity contribution in [3.8, 4) is 0 Å². The Hall–Kier alpha value is -1.62. The van der Waals surface area contributed by atoms with E-state index in [1.165, 1.54) is 44.5 Å². The van der Waals surface area contributed by atoms with Crippen LogP contribution in [0.4, 0.5) is 0 Å². The zero-order valence-corrected chi connectivity index (χ0v) is 15.9. The van der Waals surface area contributed by atoms with Crippen molar-refractivity contribution in [1.82, 2.24) is 19.6 Å². The first kappa shape index (κ1) is 17.8. The second-order valence-electron chi connectivity index (χ2n) is 8.18. The van der Waals surface area contributed by atoms with Crippen molar-refractivity contribution < 1.29 is 4.79 Å². The maximum absolute atomic E-state index is 12.3. The van der Waals surface area contributed by atoms with E-state index >= 15 is 0 Å². The molecule has 0 bridgehead atoms. The van der Waals surface area contributed by atoms with Gasteiger partial charge in [-0.2, -0.15) is 5.10 Å². The Morgan fingerprint density at radius 1 is 1.12 bits per heavy atom. The summed E-state index contributed by atoms with van der Waals surface area (Å²) < 4.78 is 2.19. The molecule has 1 atom stereocenters. The first-order valence-corrected chi connectivity index (χ1v) is 10.5. The number of aryl methyl sites for hydroxylation is 2. The minimum absolute atomic E-state index is 0.303. The highest BCUT2D eigenvalue weighted by Gasteiger charge is 2.21. The number of aromatic nitrogens is 2. The minimum atomic E-state index is 0.303. The highest BCUT2D eigenvalue weighted by molar-refractivity contribution is 5.76. The maximum atomic E-state index is 12.3. The number of hydrogen-bond acceptors (Lipinski definition) is 3. The van der Waals surface area contributed by atoms with Crippen molar-refractivity contribution in [2.45, 2.75) is 64.5 Å². The summed E-state index contributed by atoms with van der Waals surface area (Å²) in [5, 5.41) is 4.80. The Kier molecular flexibility index (Phi) is 5.73. The summed E-state index contributed by atoms with van der Waals surface area (Å²) in [5.74, 6) is 1.12. The van der Waals surface area contributed by atoms with E-state index in [1.807, 2.05) is 4.90 Å². The highest BCUT2D eigenvalue weighted by atomic mass is 16.2. The molecule has 0 N–H and O–H groups in total. The van der Waals surface area contributed by atoms with Crippen LogP contribution in [0.3, 0.4) is 0 Å². The van der Waals surface area contributed by atoms with Crippen molar-refractivity contribution in [3.05, 3.63) is 29.6 Å². The lowest BCUT2D eigenvalue weighted by Crippen LogP contribution is -2.29. The van der Waals surface area contributed by atoms with Crippen LogP contribution in [0, 0.1) is 5.92 Å². The fraction of sp³-hybridized carbons (Fsp3) is 0.714. The molecule has 0 aromatic carbocycles. The van der Waals surface area contributed by atoms with Gasteiger partial charge in [0, 0.05) is 52.1 Å². The third-order valence-corrected chi connectivity index (χ3v) is 6.09. The lowest BCUT2D eigenvalue weighted by molar-refractivity contribution is -0.130. The first-order chi connectivity index (χ1) is 12.8. The van der Waals surface area contributed by atoms with Gasteiger partial charge in [-0.3, -0.25) is 14.4 Å². The van der Waals surface area contributed by atoms with E-state index in [1.54, 1.807) is 0 Å². The van der Waals surface area contributed by atoms with Crippen LogP contribution >= 0.6 is 0 Å². The molecule has 0 radical (unpaired) electrons. The monoisotopic (exact) mass is 356 g/mol. The molecular formula is C21H32N4O. The van der Waals surface area contributed by atoms with Crippen LogP contribution in [0.1, 0.15) is 56.3 Å². The van der Waals surface area contributed by atoms with Gasteiger partial charge in [-0.25, -0.2) is 0 Å². The highest BCUT2D eigenvalue weighted by Crippen LogP contribution is 2.22. The SMILES string of the molecule is O=C(CCc1cc2n(n1)CCCN(CC1CC=CCC1)C2)N1CCCC1. The summed E-state index contributed by atoms with van der Waals surface area (Å²) in [6.07, 6.45) is 13.4. The molecule has 5 nitrogen and oxygen atoms in total. The predicted octanol–water partition coefficient (Wildman–Crippen LogP) is 3.00. The van der Waals surface area contributed by atoms with Gasteiger partial charge in [-0.15, -0.1) is 0 Å². The Labute approximate surface area is 157 Å². The molecule has 1 aliphatic carbocycles. The van der Waals surface area contributed by atoms with Crippen molar-refractivity contribution in [2.24, 2.45) is 5.92 Å². The summed E-state index contributed by atoms with van der Waals surface area (Å²) in [4.78, 5) is 16.9. The normalized spacial score (nSPS) is 23.8. The Morgan fingerprint density at radius 3 is 2.81 bits per heavy atom. The number of rotatable bonds is 5. The Morgan fingerprint density at radius 2 is 2.00 bits per heavy atom. The van der Waals surface area contributed by atoms with Crippen molar-refractivity contribution in [2.75, 3.05) is 26.2 Å². The third-order valence-electron chi connectivity index (χ3n) is 6.09. The molecule has 1 amide bonds. The molecule has 1 aromatic heterocycles. The molecule has 142 valence electrons. The number of fused-ring (bicyclic) bond motifs is 1. The number of carbonyl (C=O) groups is 1. The van der Waals surface area contributed by atoms with Gasteiger partial charge in [0.25, 0.3) is 0 Å². The van der Waals surface area contributed by atoms with E-state index < -0.39 is 0 Å². The zero-order chi connectivity index (χ0) is 17.8. The molecule has 1 saturated heterocycles. The lowest BCUT2D eigenvalue weighted by Gasteiger charge is -2.26. The van der Waals surface area contributed by atoms with Crippen LogP contribution in [-0.2, 0) is 24.3 Å². The summed E-state index contributed by atoms with van der Waals surface area (Å²) in [5.41, 5.74) is 2.42. The second kappa shape index (κ2) is 8.38. The Bertz CT molecular complexity index is 644. The second-order valence-corrected chi connectivity index (χ2v) is 8.18. The van der Waals surface area contributed by atoms with E-state index in [4.69, 9.17) is 5.10 Å². The number of allylic oxidation sites excluding steroid dienone is 2. The maximum Gasteiger partial charge on any atom is 0.222 e. The van der Waals surface area contributed by atoms with Gasteiger partial charge < -0.3 is 4.90 Å². The topological polar surface area (TPSA) is 41.4 Å². The van der Waals surface area contributed by atoms with Gasteiger partial charge in [-0.1, -0.05) is 12.2 Å². The van der Waals surface area contributed by atoms with Gasteiger partial charge in [0.05, 0.1) is 11.4 Å². The third kappa shape index (κ3) is 4.37. The largest absolute Gasteiger partial charge is 0.343 e. The Balaban J connectivity index is 1.32. The predicted molar refractivity (Wildman–Crippen MR) is 103 cm³/mol. The first-order valence-electron chi connectivity index (χ1n) is 10.5. The van der Waals surface area contributed by atoms with Crippen molar-refractivity contribution in [1.29, 1.82) is 0 Å². The lowest BCUT2D eigenvalue weighted by atomic mass is 9.94. The van der Waals surface area contributed by atoms with Gasteiger partial charge in [0.1, 0.15) is 0 Å². The number of hydrogen-bond donors (Lipinski definition) is 0. The molecule has 3 aliphatic rings. The standard InChI is InChI=1S/C21H32N4O/c26-21(24-12-4-5-13-24)10-9-19-15-20-17-23(11-6-14-25(20)22-19)16-18-7-2-1-3-8-18/h1-2,15,18H,3-14,16-17H2. The molecular weight excluding hydrogens is 324 g/mol. The van der Waals surface area contributed by atoms with Crippen LogP contribution < -0.4 is 0 Å². The van der Waals surface area contributed by atoms with Gasteiger partial charge >= 0.3 is 0 Å². The van der Waals surface area contributed by atoms with E-state index in [2.05, 4.69) is 27.8 Å². The zero-order valence-electron chi connectivity index (χ0n) is 15.9. The summed E-state index contributed by atoms with van der Waals surface area (Å²) in [6.45, 7) is 6.29. The van der Waals surface area contributed by atoms with Gasteiger partial charge in [-0.05, 0) is 50.5 Å². The van der Waals surface area contributed by atoms with E-state index in [0.717, 1.165) is 57.1 Å². The molecule has 0 spiro atoms. The molecule has 26 heavy (non-hydrogen) atoms. The molecule has 5 heteroatoms. The van der Waals surface area contributed by atoms with Crippen LogP contribution in [0.2, 0.25) is 0 Å². The van der Waals surface area contributed by atoms with Gasteiger partial charge in [0.2, 0.25) is 5.91 Å². The van der Waals surface area contributed by atoms with Crippen molar-refractivity contribution in [3.63, 3.8) is 0 Å². The smallest absolute Gasteiger partial charge is 0.222 e. The van der Waals surface area contributed by atoms with Crippen LogP contribution in [0.5, 0.6) is 0 Å². The molecule has 4 rings (SSSR count). The quantitative estimate of drug-likeness (QED) is 0.762.